The number of aromatic amines is 1. The first-order valence-electron chi connectivity index (χ1n) is 6.98. The molecule has 1 saturated heterocycles. The summed E-state index contributed by atoms with van der Waals surface area (Å²) in [7, 11) is 1.48. The Bertz CT molecular complexity index is 746. The molecule has 1 aliphatic heterocycles. The molecule has 1 aromatic carbocycles. The number of carbonyl (C=O) groups excluding carboxylic acids is 1. The molecule has 0 unspecified atom stereocenters. The van der Waals surface area contributed by atoms with Gasteiger partial charge in [-0.15, -0.1) is 5.10 Å². The zero-order valence-corrected chi connectivity index (χ0v) is 12.1. The molecule has 116 valence electrons. The van der Waals surface area contributed by atoms with Crippen molar-refractivity contribution >= 4 is 11.6 Å². The number of H-pyrrole nitrogens is 1. The van der Waals surface area contributed by atoms with Gasteiger partial charge in [-0.25, -0.2) is 13.9 Å². The van der Waals surface area contributed by atoms with Crippen LogP contribution in [0, 0.1) is 5.82 Å². The van der Waals surface area contributed by atoms with Crippen LogP contribution in [-0.4, -0.2) is 51.8 Å². The number of hydrogen-bond donors (Lipinski definition) is 1. The van der Waals surface area contributed by atoms with Crippen LogP contribution in [0.15, 0.2) is 29.1 Å². The maximum atomic E-state index is 13.8. The first-order chi connectivity index (χ1) is 10.6. The highest BCUT2D eigenvalue weighted by Gasteiger charge is 2.25. The summed E-state index contributed by atoms with van der Waals surface area (Å²) in [5, 5.41) is 3.86. The molecule has 2 heterocycles. The standard InChI is InChI=1S/C14H16FN5O2/c1-18-14(22)16-12(17-18)13(21)20-8-6-19(7-9-20)11-5-3-2-4-10(11)15/h2-5H,6-9H2,1H3,(H,16,17,22). The largest absolute Gasteiger partial charge is 0.366 e. The third-order valence-corrected chi connectivity index (χ3v) is 3.73. The van der Waals surface area contributed by atoms with Crippen LogP contribution in [0.2, 0.25) is 0 Å². The zero-order chi connectivity index (χ0) is 15.7. The van der Waals surface area contributed by atoms with Crippen molar-refractivity contribution in [2.45, 2.75) is 0 Å². The van der Waals surface area contributed by atoms with Crippen LogP contribution in [0.3, 0.4) is 0 Å². The predicted molar refractivity (Wildman–Crippen MR) is 78.3 cm³/mol. The van der Waals surface area contributed by atoms with E-state index in [1.165, 1.54) is 13.1 Å². The third kappa shape index (κ3) is 2.59. The smallest absolute Gasteiger partial charge is 0.343 e. The minimum atomic E-state index is -0.423. The quantitative estimate of drug-likeness (QED) is 0.861. The first kappa shape index (κ1) is 14.3. The molecule has 1 aliphatic rings. The molecule has 1 fully saturated rings. The van der Waals surface area contributed by atoms with Crippen LogP contribution in [-0.2, 0) is 7.05 Å². The number of rotatable bonds is 2. The van der Waals surface area contributed by atoms with E-state index >= 15 is 0 Å². The van der Waals surface area contributed by atoms with Crippen LogP contribution < -0.4 is 10.6 Å². The van der Waals surface area contributed by atoms with E-state index in [0.717, 1.165) is 4.68 Å². The molecule has 0 bridgehead atoms. The lowest BCUT2D eigenvalue weighted by Gasteiger charge is -2.35. The summed E-state index contributed by atoms with van der Waals surface area (Å²) in [6.07, 6.45) is 0. The van der Waals surface area contributed by atoms with Gasteiger partial charge < -0.3 is 9.80 Å². The summed E-state index contributed by atoms with van der Waals surface area (Å²) in [5.41, 5.74) is 0.120. The van der Waals surface area contributed by atoms with Gasteiger partial charge in [0.05, 0.1) is 5.69 Å². The molecule has 1 amide bonds. The number of carbonyl (C=O) groups is 1. The summed E-state index contributed by atoms with van der Waals surface area (Å²) in [6, 6.07) is 6.58. The van der Waals surface area contributed by atoms with Crippen LogP contribution in [0.4, 0.5) is 10.1 Å². The molecular weight excluding hydrogens is 289 g/mol. The third-order valence-electron chi connectivity index (χ3n) is 3.73. The summed E-state index contributed by atoms with van der Waals surface area (Å²) in [5.74, 6) is -0.547. The van der Waals surface area contributed by atoms with E-state index < -0.39 is 5.69 Å². The lowest BCUT2D eigenvalue weighted by Crippen LogP contribution is -2.49. The van der Waals surface area contributed by atoms with E-state index in [9.17, 15) is 14.0 Å². The normalized spacial score (nSPS) is 15.2. The van der Waals surface area contributed by atoms with Gasteiger partial charge in [0.15, 0.2) is 0 Å². The number of benzene rings is 1. The number of aryl methyl sites for hydroxylation is 1. The van der Waals surface area contributed by atoms with Crippen LogP contribution in [0.1, 0.15) is 10.6 Å². The number of nitrogens with one attached hydrogen (secondary N) is 1. The average molecular weight is 305 g/mol. The maximum absolute atomic E-state index is 13.8. The van der Waals surface area contributed by atoms with Gasteiger partial charge in [0.2, 0.25) is 5.82 Å². The van der Waals surface area contributed by atoms with E-state index in [0.29, 0.717) is 31.9 Å². The van der Waals surface area contributed by atoms with E-state index in [1.807, 2.05) is 4.90 Å². The van der Waals surface area contributed by atoms with Gasteiger partial charge in [-0.2, -0.15) is 0 Å². The van der Waals surface area contributed by atoms with Crippen molar-refractivity contribution in [1.29, 1.82) is 0 Å². The Hall–Kier alpha value is -2.64. The van der Waals surface area contributed by atoms with Crippen molar-refractivity contribution in [2.75, 3.05) is 31.1 Å². The number of halogens is 1. The van der Waals surface area contributed by atoms with Gasteiger partial charge in [-0.1, -0.05) is 12.1 Å². The Balaban J connectivity index is 1.68. The Kier molecular flexibility index (Phi) is 3.66. The fourth-order valence-corrected chi connectivity index (χ4v) is 2.51. The molecule has 2 aromatic rings. The summed E-state index contributed by atoms with van der Waals surface area (Å²) in [6.45, 7) is 1.96. The number of aromatic nitrogens is 3. The van der Waals surface area contributed by atoms with Crippen LogP contribution >= 0.6 is 0 Å². The fraction of sp³-hybridized carbons (Fsp3) is 0.357. The maximum Gasteiger partial charge on any atom is 0.343 e. The highest BCUT2D eigenvalue weighted by molar-refractivity contribution is 5.90. The van der Waals surface area contributed by atoms with Crippen molar-refractivity contribution < 1.29 is 9.18 Å². The van der Waals surface area contributed by atoms with Crippen LogP contribution in [0.25, 0.3) is 0 Å². The van der Waals surface area contributed by atoms with E-state index in [-0.39, 0.29) is 17.5 Å². The molecule has 8 heteroatoms. The highest BCUT2D eigenvalue weighted by atomic mass is 19.1. The van der Waals surface area contributed by atoms with Crippen molar-refractivity contribution in [2.24, 2.45) is 7.05 Å². The minimum Gasteiger partial charge on any atom is -0.366 e. The lowest BCUT2D eigenvalue weighted by molar-refractivity contribution is 0.0734. The molecule has 22 heavy (non-hydrogen) atoms. The highest BCUT2D eigenvalue weighted by Crippen LogP contribution is 2.20. The second-order valence-electron chi connectivity index (χ2n) is 5.13. The van der Waals surface area contributed by atoms with Crippen molar-refractivity contribution in [3.63, 3.8) is 0 Å². The molecule has 1 N–H and O–H groups in total. The molecule has 0 atom stereocenters. The Morgan fingerprint density at radius 2 is 1.91 bits per heavy atom. The fourth-order valence-electron chi connectivity index (χ4n) is 2.51. The van der Waals surface area contributed by atoms with Gasteiger partial charge in [0.1, 0.15) is 5.82 Å². The van der Waals surface area contributed by atoms with Crippen LogP contribution in [0.5, 0.6) is 0 Å². The predicted octanol–water partition coefficient (Wildman–Crippen LogP) is 0.210. The number of anilines is 1. The van der Waals surface area contributed by atoms with Gasteiger partial charge in [-0.05, 0) is 12.1 Å². The minimum absolute atomic E-state index is 0.0341. The average Bonchev–Trinajstić information content (AvgIpc) is 2.87. The number of nitrogens with zero attached hydrogens (tertiary/aromatic N) is 4. The summed E-state index contributed by atoms with van der Waals surface area (Å²) in [4.78, 5) is 29.5. The topological polar surface area (TPSA) is 74.2 Å². The molecule has 7 nitrogen and oxygen atoms in total. The summed E-state index contributed by atoms with van der Waals surface area (Å²) < 4.78 is 14.9. The number of piperazine rings is 1. The first-order valence-corrected chi connectivity index (χ1v) is 6.98. The molecule has 0 spiro atoms. The Morgan fingerprint density at radius 3 is 2.50 bits per heavy atom. The zero-order valence-electron chi connectivity index (χ0n) is 12.1. The number of para-hydroxylation sites is 1. The SMILES string of the molecule is Cn1nc(C(=O)N2CCN(c3ccccc3F)CC2)[nH]c1=O. The van der Waals surface area contributed by atoms with Gasteiger partial charge in [0.25, 0.3) is 5.91 Å². The molecular formula is C14H16FN5O2. The Morgan fingerprint density at radius 1 is 1.23 bits per heavy atom. The number of amides is 1. The van der Waals surface area contributed by atoms with Crippen molar-refractivity contribution in [3.8, 4) is 0 Å². The van der Waals surface area contributed by atoms with E-state index in [4.69, 9.17) is 0 Å². The monoisotopic (exact) mass is 305 g/mol. The van der Waals surface area contributed by atoms with E-state index in [2.05, 4.69) is 10.1 Å². The van der Waals surface area contributed by atoms with Gasteiger partial charge in [0, 0.05) is 33.2 Å². The Labute approximate surface area is 126 Å². The van der Waals surface area contributed by atoms with Crippen molar-refractivity contribution in [1.82, 2.24) is 19.7 Å². The second-order valence-corrected chi connectivity index (χ2v) is 5.13. The molecule has 3 rings (SSSR count). The molecule has 1 aromatic heterocycles. The molecule has 0 aliphatic carbocycles. The van der Waals surface area contributed by atoms with Gasteiger partial charge >= 0.3 is 5.69 Å². The number of hydrogen-bond acceptors (Lipinski definition) is 4. The summed E-state index contributed by atoms with van der Waals surface area (Å²) >= 11 is 0. The molecule has 0 radical (unpaired) electrons. The van der Waals surface area contributed by atoms with E-state index in [1.54, 1.807) is 23.1 Å². The van der Waals surface area contributed by atoms with Gasteiger partial charge in [-0.3, -0.25) is 9.78 Å². The molecule has 0 saturated carbocycles. The van der Waals surface area contributed by atoms with Crippen molar-refractivity contribution in [3.05, 3.63) is 46.4 Å². The second kappa shape index (κ2) is 5.63. The lowest BCUT2D eigenvalue weighted by atomic mass is 10.2.